The SMILES string of the molecule is CN(C)[C@@H](CNC(=O)c1cccn1C)c1ccccc1. The Morgan fingerprint density at radius 3 is 2.45 bits per heavy atom. The molecule has 0 spiro atoms. The lowest BCUT2D eigenvalue weighted by molar-refractivity contribution is 0.0934. The molecule has 1 aromatic carbocycles. The highest BCUT2D eigenvalue weighted by Gasteiger charge is 2.16. The number of nitrogens with zero attached hydrogens (tertiary/aromatic N) is 2. The third-order valence-electron chi connectivity index (χ3n) is 3.44. The van der Waals surface area contributed by atoms with E-state index < -0.39 is 0 Å². The first kappa shape index (κ1) is 14.3. The Labute approximate surface area is 120 Å². The average molecular weight is 271 g/mol. The summed E-state index contributed by atoms with van der Waals surface area (Å²) in [6.07, 6.45) is 1.87. The molecule has 1 heterocycles. The Morgan fingerprint density at radius 2 is 1.90 bits per heavy atom. The summed E-state index contributed by atoms with van der Waals surface area (Å²) in [7, 11) is 5.91. The topological polar surface area (TPSA) is 37.3 Å². The van der Waals surface area contributed by atoms with Crippen LogP contribution in [0, 0.1) is 0 Å². The van der Waals surface area contributed by atoms with Crippen LogP contribution in [0.15, 0.2) is 48.7 Å². The van der Waals surface area contributed by atoms with Gasteiger partial charge in [-0.15, -0.1) is 0 Å². The summed E-state index contributed by atoms with van der Waals surface area (Å²) < 4.78 is 1.82. The van der Waals surface area contributed by atoms with Crippen molar-refractivity contribution >= 4 is 5.91 Å². The van der Waals surface area contributed by atoms with E-state index in [1.165, 1.54) is 5.56 Å². The van der Waals surface area contributed by atoms with Crippen molar-refractivity contribution < 1.29 is 4.79 Å². The van der Waals surface area contributed by atoms with Gasteiger partial charge in [0.1, 0.15) is 5.69 Å². The van der Waals surface area contributed by atoms with E-state index in [0.717, 1.165) is 0 Å². The third-order valence-corrected chi connectivity index (χ3v) is 3.44. The molecule has 1 aromatic heterocycles. The highest BCUT2D eigenvalue weighted by atomic mass is 16.1. The molecule has 0 bridgehead atoms. The number of aromatic nitrogens is 1. The quantitative estimate of drug-likeness (QED) is 0.904. The van der Waals surface area contributed by atoms with Gasteiger partial charge in [-0.2, -0.15) is 0 Å². The van der Waals surface area contributed by atoms with Gasteiger partial charge in [0, 0.05) is 19.8 Å². The first-order valence-electron chi connectivity index (χ1n) is 6.70. The fourth-order valence-electron chi connectivity index (χ4n) is 2.25. The van der Waals surface area contributed by atoms with Gasteiger partial charge in [0.25, 0.3) is 5.91 Å². The first-order valence-corrected chi connectivity index (χ1v) is 6.70. The summed E-state index contributed by atoms with van der Waals surface area (Å²) in [4.78, 5) is 14.2. The van der Waals surface area contributed by atoms with Crippen LogP contribution in [0.4, 0.5) is 0 Å². The number of benzene rings is 1. The van der Waals surface area contributed by atoms with Crippen molar-refractivity contribution in [3.05, 3.63) is 59.9 Å². The Balaban J connectivity index is 2.04. The molecule has 1 atom stereocenters. The van der Waals surface area contributed by atoms with Crippen LogP contribution in [0.5, 0.6) is 0 Å². The van der Waals surface area contributed by atoms with Crippen LogP contribution in [-0.2, 0) is 7.05 Å². The molecule has 0 fully saturated rings. The van der Waals surface area contributed by atoms with Gasteiger partial charge in [0.05, 0.1) is 6.04 Å². The zero-order chi connectivity index (χ0) is 14.5. The molecule has 20 heavy (non-hydrogen) atoms. The number of carbonyl (C=O) groups excluding carboxylic acids is 1. The number of likely N-dealkylation sites (N-methyl/N-ethyl adjacent to an activating group) is 1. The van der Waals surface area contributed by atoms with E-state index in [1.807, 2.05) is 62.2 Å². The Bertz CT molecular complexity index is 560. The van der Waals surface area contributed by atoms with E-state index in [9.17, 15) is 4.79 Å². The summed E-state index contributed by atoms with van der Waals surface area (Å²) in [5.41, 5.74) is 1.88. The van der Waals surface area contributed by atoms with Crippen LogP contribution in [0.1, 0.15) is 22.1 Å². The number of hydrogen-bond acceptors (Lipinski definition) is 2. The van der Waals surface area contributed by atoms with Crippen molar-refractivity contribution in [2.45, 2.75) is 6.04 Å². The molecule has 2 rings (SSSR count). The Hall–Kier alpha value is -2.07. The Morgan fingerprint density at radius 1 is 1.20 bits per heavy atom. The maximum atomic E-state index is 12.1. The molecule has 0 aliphatic rings. The molecule has 0 saturated carbocycles. The number of carbonyl (C=O) groups is 1. The zero-order valence-corrected chi connectivity index (χ0v) is 12.2. The number of aryl methyl sites for hydroxylation is 1. The molecule has 0 saturated heterocycles. The molecule has 0 unspecified atom stereocenters. The molecule has 0 aliphatic carbocycles. The summed E-state index contributed by atoms with van der Waals surface area (Å²) in [5, 5.41) is 3.00. The van der Waals surface area contributed by atoms with Gasteiger partial charge >= 0.3 is 0 Å². The maximum Gasteiger partial charge on any atom is 0.267 e. The van der Waals surface area contributed by atoms with Crippen molar-refractivity contribution in [2.24, 2.45) is 7.05 Å². The van der Waals surface area contributed by atoms with Crippen LogP contribution in [-0.4, -0.2) is 36.0 Å². The predicted molar refractivity (Wildman–Crippen MR) is 80.6 cm³/mol. The van der Waals surface area contributed by atoms with Crippen molar-refractivity contribution in [3.63, 3.8) is 0 Å². The molecular formula is C16H21N3O. The zero-order valence-electron chi connectivity index (χ0n) is 12.2. The molecule has 4 heteroatoms. The largest absolute Gasteiger partial charge is 0.349 e. The highest BCUT2D eigenvalue weighted by molar-refractivity contribution is 5.92. The van der Waals surface area contributed by atoms with Crippen molar-refractivity contribution in [3.8, 4) is 0 Å². The Kier molecular flexibility index (Phi) is 4.58. The van der Waals surface area contributed by atoms with Crippen LogP contribution < -0.4 is 5.32 Å². The number of hydrogen-bond donors (Lipinski definition) is 1. The van der Waals surface area contributed by atoms with Crippen LogP contribution >= 0.6 is 0 Å². The summed E-state index contributed by atoms with van der Waals surface area (Å²) in [6.45, 7) is 0.584. The molecule has 1 amide bonds. The third kappa shape index (κ3) is 3.27. The fourth-order valence-corrected chi connectivity index (χ4v) is 2.25. The van der Waals surface area contributed by atoms with Crippen LogP contribution in [0.3, 0.4) is 0 Å². The lowest BCUT2D eigenvalue weighted by Crippen LogP contribution is -2.35. The molecule has 0 radical (unpaired) electrons. The number of amides is 1. The predicted octanol–water partition coefficient (Wildman–Crippen LogP) is 2.06. The molecule has 106 valence electrons. The lowest BCUT2D eigenvalue weighted by atomic mass is 10.1. The van der Waals surface area contributed by atoms with Crippen molar-refractivity contribution in [1.82, 2.24) is 14.8 Å². The summed E-state index contributed by atoms with van der Waals surface area (Å²) >= 11 is 0. The van der Waals surface area contributed by atoms with Crippen LogP contribution in [0.25, 0.3) is 0 Å². The molecule has 2 aromatic rings. The van der Waals surface area contributed by atoms with E-state index in [-0.39, 0.29) is 11.9 Å². The van der Waals surface area contributed by atoms with E-state index in [4.69, 9.17) is 0 Å². The molecule has 0 aliphatic heterocycles. The van der Waals surface area contributed by atoms with Gasteiger partial charge in [-0.3, -0.25) is 4.79 Å². The second-order valence-electron chi connectivity index (χ2n) is 5.10. The lowest BCUT2D eigenvalue weighted by Gasteiger charge is -2.25. The fraction of sp³-hybridized carbons (Fsp3) is 0.312. The number of rotatable bonds is 5. The minimum absolute atomic E-state index is 0.0414. The number of nitrogens with one attached hydrogen (secondary N) is 1. The minimum Gasteiger partial charge on any atom is -0.349 e. The standard InChI is InChI=1S/C16H21N3O/c1-18(2)15(13-8-5-4-6-9-13)12-17-16(20)14-10-7-11-19(14)3/h4-11,15H,12H2,1-3H3,(H,17,20)/t15-/m0/s1. The normalized spacial score (nSPS) is 12.4. The van der Waals surface area contributed by atoms with Gasteiger partial charge in [0.15, 0.2) is 0 Å². The van der Waals surface area contributed by atoms with Gasteiger partial charge in [-0.1, -0.05) is 30.3 Å². The van der Waals surface area contributed by atoms with Crippen molar-refractivity contribution in [1.29, 1.82) is 0 Å². The van der Waals surface area contributed by atoms with E-state index in [2.05, 4.69) is 22.3 Å². The highest BCUT2D eigenvalue weighted by Crippen LogP contribution is 2.16. The second kappa shape index (κ2) is 6.39. The van der Waals surface area contributed by atoms with Crippen molar-refractivity contribution in [2.75, 3.05) is 20.6 Å². The molecule has 1 N–H and O–H groups in total. The minimum atomic E-state index is -0.0414. The van der Waals surface area contributed by atoms with Gasteiger partial charge < -0.3 is 14.8 Å². The molecule has 4 nitrogen and oxygen atoms in total. The smallest absolute Gasteiger partial charge is 0.267 e. The summed E-state index contributed by atoms with van der Waals surface area (Å²) in [5.74, 6) is -0.0414. The first-order chi connectivity index (χ1) is 9.59. The van der Waals surface area contributed by atoms with Gasteiger partial charge in [-0.05, 0) is 31.8 Å². The van der Waals surface area contributed by atoms with Crippen LogP contribution in [0.2, 0.25) is 0 Å². The summed E-state index contributed by atoms with van der Waals surface area (Å²) in [6, 6.07) is 14.1. The van der Waals surface area contributed by atoms with Gasteiger partial charge in [0.2, 0.25) is 0 Å². The van der Waals surface area contributed by atoms with Gasteiger partial charge in [-0.25, -0.2) is 0 Å². The monoisotopic (exact) mass is 271 g/mol. The average Bonchev–Trinajstić information content (AvgIpc) is 2.86. The van der Waals surface area contributed by atoms with E-state index in [1.54, 1.807) is 0 Å². The maximum absolute atomic E-state index is 12.1. The second-order valence-corrected chi connectivity index (χ2v) is 5.10. The van der Waals surface area contributed by atoms with E-state index >= 15 is 0 Å². The van der Waals surface area contributed by atoms with E-state index in [0.29, 0.717) is 12.2 Å². The molecular weight excluding hydrogens is 250 g/mol.